The molecule has 0 aliphatic carbocycles. The molecule has 1 amide bonds. The van der Waals surface area contributed by atoms with E-state index in [2.05, 4.69) is 15.4 Å². The zero-order chi connectivity index (χ0) is 17.2. The Morgan fingerprint density at radius 1 is 1.12 bits per heavy atom. The average molecular weight is 335 g/mol. The molecular formula is C18H14FN5O. The number of carbonyl (C=O) groups is 1. The fourth-order valence-electron chi connectivity index (χ4n) is 2.55. The van der Waals surface area contributed by atoms with Crippen molar-refractivity contribution in [2.75, 3.05) is 5.32 Å². The molecule has 6 nitrogen and oxygen atoms in total. The van der Waals surface area contributed by atoms with E-state index in [4.69, 9.17) is 0 Å². The number of carbonyl (C=O) groups excluding carboxylic acids is 1. The van der Waals surface area contributed by atoms with Gasteiger partial charge in [0, 0.05) is 24.2 Å². The van der Waals surface area contributed by atoms with Crippen LogP contribution in [0, 0.1) is 5.82 Å². The normalized spacial score (nSPS) is 10.9. The van der Waals surface area contributed by atoms with Crippen LogP contribution in [0.25, 0.3) is 5.65 Å². The van der Waals surface area contributed by atoms with E-state index in [1.807, 2.05) is 35.0 Å². The maximum atomic E-state index is 12.9. The van der Waals surface area contributed by atoms with Gasteiger partial charge in [-0.1, -0.05) is 6.07 Å². The number of rotatable bonds is 4. The van der Waals surface area contributed by atoms with Crippen LogP contribution in [-0.4, -0.2) is 25.1 Å². The minimum atomic E-state index is -0.378. The number of nitrogens with zero attached hydrogens (tertiary/aromatic N) is 4. The molecule has 0 radical (unpaired) electrons. The maximum absolute atomic E-state index is 12.9. The first kappa shape index (κ1) is 15.1. The van der Waals surface area contributed by atoms with Gasteiger partial charge in [0.25, 0.3) is 5.91 Å². The van der Waals surface area contributed by atoms with Gasteiger partial charge in [0.1, 0.15) is 11.5 Å². The molecule has 1 N–H and O–H groups in total. The van der Waals surface area contributed by atoms with E-state index >= 15 is 0 Å². The van der Waals surface area contributed by atoms with Crippen LogP contribution in [0.5, 0.6) is 0 Å². The molecule has 0 saturated carbocycles. The van der Waals surface area contributed by atoms with Crippen molar-refractivity contribution in [3.8, 4) is 0 Å². The molecule has 0 aliphatic rings. The molecule has 4 aromatic rings. The van der Waals surface area contributed by atoms with Crippen LogP contribution in [0.4, 0.5) is 10.1 Å². The third kappa shape index (κ3) is 3.25. The van der Waals surface area contributed by atoms with E-state index < -0.39 is 0 Å². The molecule has 0 saturated heterocycles. The van der Waals surface area contributed by atoms with Crippen LogP contribution >= 0.6 is 0 Å². The third-order valence-electron chi connectivity index (χ3n) is 3.74. The molecule has 3 aromatic heterocycles. The summed E-state index contributed by atoms with van der Waals surface area (Å²) in [6, 6.07) is 11.2. The van der Waals surface area contributed by atoms with Gasteiger partial charge in [0.15, 0.2) is 0 Å². The molecule has 0 bridgehead atoms. The lowest BCUT2D eigenvalue weighted by Gasteiger charge is -2.02. The third-order valence-corrected chi connectivity index (χ3v) is 3.74. The fraction of sp³-hybridized carbons (Fsp3) is 0.0556. The van der Waals surface area contributed by atoms with Gasteiger partial charge in [-0.25, -0.2) is 9.37 Å². The molecule has 7 heteroatoms. The highest BCUT2D eigenvalue weighted by Gasteiger charge is 2.09. The second-order valence-electron chi connectivity index (χ2n) is 5.59. The molecule has 3 heterocycles. The predicted octanol–water partition coefficient (Wildman–Crippen LogP) is 2.97. The van der Waals surface area contributed by atoms with Crippen molar-refractivity contribution in [2.24, 2.45) is 0 Å². The van der Waals surface area contributed by atoms with Gasteiger partial charge < -0.3 is 9.72 Å². The zero-order valence-corrected chi connectivity index (χ0v) is 13.1. The van der Waals surface area contributed by atoms with Crippen LogP contribution in [0.3, 0.4) is 0 Å². The Balaban J connectivity index is 1.46. The highest BCUT2D eigenvalue weighted by atomic mass is 19.1. The zero-order valence-electron chi connectivity index (χ0n) is 13.1. The number of hydrogen-bond acceptors (Lipinski definition) is 3. The number of fused-ring (bicyclic) bond motifs is 1. The van der Waals surface area contributed by atoms with Gasteiger partial charge in [0.2, 0.25) is 0 Å². The van der Waals surface area contributed by atoms with Crippen molar-refractivity contribution in [3.05, 3.63) is 84.3 Å². The van der Waals surface area contributed by atoms with Crippen LogP contribution in [0.15, 0.2) is 67.3 Å². The molecule has 1 aromatic carbocycles. The highest BCUT2D eigenvalue weighted by molar-refractivity contribution is 6.04. The lowest BCUT2D eigenvalue weighted by atomic mass is 10.2. The Morgan fingerprint density at radius 2 is 1.96 bits per heavy atom. The van der Waals surface area contributed by atoms with Gasteiger partial charge in [0.05, 0.1) is 24.1 Å². The molecule has 0 fully saturated rings. The number of hydrogen-bond donors (Lipinski definition) is 1. The molecule has 124 valence electrons. The van der Waals surface area contributed by atoms with Gasteiger partial charge in [-0.3, -0.25) is 9.48 Å². The van der Waals surface area contributed by atoms with E-state index in [0.29, 0.717) is 17.8 Å². The molecule has 0 aliphatic heterocycles. The molecule has 0 unspecified atom stereocenters. The number of nitrogens with one attached hydrogen (secondary N) is 1. The Bertz CT molecular complexity index is 1000. The lowest BCUT2D eigenvalue weighted by Crippen LogP contribution is -2.11. The summed E-state index contributed by atoms with van der Waals surface area (Å²) in [7, 11) is 0. The van der Waals surface area contributed by atoms with Crippen LogP contribution in [0.2, 0.25) is 0 Å². The number of imidazole rings is 1. The number of aromatic nitrogens is 4. The standard InChI is InChI=1S/C18H14FN5O/c19-14-6-4-13(5-7-14)18(25)22-15-9-20-24(11-15)12-16-10-23-8-2-1-3-17(23)21-16/h1-11H,12H2,(H,22,25). The minimum absolute atomic E-state index is 0.313. The quantitative estimate of drug-likeness (QED) is 0.623. The first-order valence-electron chi connectivity index (χ1n) is 7.69. The average Bonchev–Trinajstić information content (AvgIpc) is 3.21. The Labute approximate surface area is 142 Å². The number of pyridine rings is 1. The fourth-order valence-corrected chi connectivity index (χ4v) is 2.55. The molecule has 25 heavy (non-hydrogen) atoms. The summed E-state index contributed by atoms with van der Waals surface area (Å²) >= 11 is 0. The van der Waals surface area contributed by atoms with Crippen molar-refractivity contribution in [2.45, 2.75) is 6.54 Å². The van der Waals surface area contributed by atoms with Crippen molar-refractivity contribution in [1.82, 2.24) is 19.2 Å². The van der Waals surface area contributed by atoms with Crippen molar-refractivity contribution < 1.29 is 9.18 Å². The number of anilines is 1. The maximum Gasteiger partial charge on any atom is 0.255 e. The Kier molecular flexibility index (Phi) is 3.74. The SMILES string of the molecule is O=C(Nc1cnn(Cc2cn3ccccc3n2)c1)c1ccc(F)cc1. The minimum Gasteiger partial charge on any atom is -0.319 e. The molecule has 4 rings (SSSR count). The number of amides is 1. The second-order valence-corrected chi connectivity index (χ2v) is 5.59. The summed E-state index contributed by atoms with van der Waals surface area (Å²) < 4.78 is 16.5. The first-order chi connectivity index (χ1) is 12.2. The highest BCUT2D eigenvalue weighted by Crippen LogP contribution is 2.11. The molecular weight excluding hydrogens is 321 g/mol. The lowest BCUT2D eigenvalue weighted by molar-refractivity contribution is 0.102. The van der Waals surface area contributed by atoms with E-state index in [-0.39, 0.29) is 11.7 Å². The first-order valence-corrected chi connectivity index (χ1v) is 7.69. The van der Waals surface area contributed by atoms with E-state index in [1.165, 1.54) is 24.3 Å². The summed E-state index contributed by atoms with van der Waals surface area (Å²) in [5.41, 5.74) is 2.69. The Hall–Kier alpha value is -3.48. The van der Waals surface area contributed by atoms with E-state index in [0.717, 1.165) is 11.3 Å². The number of halogens is 1. The predicted molar refractivity (Wildman–Crippen MR) is 90.9 cm³/mol. The topological polar surface area (TPSA) is 64.2 Å². The van der Waals surface area contributed by atoms with E-state index in [1.54, 1.807) is 17.1 Å². The van der Waals surface area contributed by atoms with Gasteiger partial charge in [-0.05, 0) is 36.4 Å². The van der Waals surface area contributed by atoms with Gasteiger partial charge in [-0.2, -0.15) is 5.10 Å². The van der Waals surface area contributed by atoms with Crippen molar-refractivity contribution in [3.63, 3.8) is 0 Å². The van der Waals surface area contributed by atoms with Crippen LogP contribution in [0.1, 0.15) is 16.1 Å². The number of benzene rings is 1. The van der Waals surface area contributed by atoms with Gasteiger partial charge >= 0.3 is 0 Å². The van der Waals surface area contributed by atoms with Crippen LogP contribution in [-0.2, 0) is 6.54 Å². The smallest absolute Gasteiger partial charge is 0.255 e. The second kappa shape index (κ2) is 6.20. The summed E-state index contributed by atoms with van der Waals surface area (Å²) in [5, 5.41) is 6.98. The monoisotopic (exact) mass is 335 g/mol. The van der Waals surface area contributed by atoms with Crippen LogP contribution < -0.4 is 5.32 Å². The Morgan fingerprint density at radius 3 is 2.76 bits per heavy atom. The van der Waals surface area contributed by atoms with Crippen molar-refractivity contribution >= 4 is 17.2 Å². The summed E-state index contributed by atoms with van der Waals surface area (Å²) in [6.07, 6.45) is 7.17. The summed E-state index contributed by atoms with van der Waals surface area (Å²) in [6.45, 7) is 0.494. The molecule has 0 spiro atoms. The van der Waals surface area contributed by atoms with E-state index in [9.17, 15) is 9.18 Å². The van der Waals surface area contributed by atoms with Gasteiger partial charge in [-0.15, -0.1) is 0 Å². The summed E-state index contributed by atoms with van der Waals surface area (Å²) in [5.74, 6) is -0.691. The summed E-state index contributed by atoms with van der Waals surface area (Å²) in [4.78, 5) is 16.6. The molecule has 0 atom stereocenters. The largest absolute Gasteiger partial charge is 0.319 e. The van der Waals surface area contributed by atoms with Crippen molar-refractivity contribution in [1.29, 1.82) is 0 Å².